The molecular weight excluding hydrogens is 1280 g/mol. The van der Waals surface area contributed by atoms with E-state index in [1.165, 1.54) is 28.0 Å². The number of fused-ring (bicyclic) bond motifs is 3. The van der Waals surface area contributed by atoms with Crippen LogP contribution in [0.1, 0.15) is 66.3 Å². The highest BCUT2D eigenvalue weighted by Gasteiger charge is 2.35. The lowest BCUT2D eigenvalue weighted by molar-refractivity contribution is -0.134. The second-order valence-corrected chi connectivity index (χ2v) is 25.6. The van der Waals surface area contributed by atoms with Gasteiger partial charge in [-0.3, -0.25) is 38.5 Å². The number of benzene rings is 5. The fourth-order valence-corrected chi connectivity index (χ4v) is 14.1. The number of aromatic nitrogens is 4. The summed E-state index contributed by atoms with van der Waals surface area (Å²) in [7, 11) is 1.67. The number of hydrogen-bond donors (Lipinski definition) is 1. The van der Waals surface area contributed by atoms with Gasteiger partial charge in [-0.1, -0.05) is 77.8 Å². The monoisotopic (exact) mass is 1350 g/mol. The number of rotatable bonds is 10. The first-order valence-electron chi connectivity index (χ1n) is 32.0. The Bertz CT molecular complexity index is 5040. The van der Waals surface area contributed by atoms with Gasteiger partial charge < -0.3 is 48.4 Å². The molecule has 1 N–H and O–H groups in total. The summed E-state index contributed by atoms with van der Waals surface area (Å²) < 4.78 is 18.2. The lowest BCUT2D eigenvalue weighted by atomic mass is 10.0. The summed E-state index contributed by atoms with van der Waals surface area (Å²) in [6, 6.07) is 47.2. The Morgan fingerprint density at radius 3 is 1.58 bits per heavy atom. The van der Waals surface area contributed by atoms with Crippen molar-refractivity contribution in [2.45, 2.75) is 38.9 Å². The van der Waals surface area contributed by atoms with Gasteiger partial charge in [-0.05, 0) is 109 Å². The predicted octanol–water partition coefficient (Wildman–Crippen LogP) is 8.66. The molecule has 1 atom stereocenters. The zero-order valence-electron chi connectivity index (χ0n) is 53.7. The molecule has 0 bridgehead atoms. The maximum Gasteiger partial charge on any atom is 0.271 e. The van der Waals surface area contributed by atoms with Gasteiger partial charge in [0.1, 0.15) is 46.8 Å². The van der Waals surface area contributed by atoms with Crippen LogP contribution < -0.4 is 36.7 Å². The number of nitrogens with zero attached hydrogens (tertiary/aromatic N) is 13. The number of carbonyl (C=O) groups excluding carboxylic acids is 4. The summed E-state index contributed by atoms with van der Waals surface area (Å²) in [5.74, 6) is -0.532. The number of thiophene rings is 1. The van der Waals surface area contributed by atoms with Crippen molar-refractivity contribution >= 4 is 96.3 Å². The van der Waals surface area contributed by atoms with E-state index in [4.69, 9.17) is 11.6 Å². The Labute approximate surface area is 571 Å². The predicted molar refractivity (Wildman–Crippen MR) is 375 cm³/mol. The van der Waals surface area contributed by atoms with E-state index >= 15 is 0 Å². The van der Waals surface area contributed by atoms with Crippen LogP contribution in [-0.4, -0.2) is 142 Å². The van der Waals surface area contributed by atoms with Crippen molar-refractivity contribution in [1.82, 2.24) is 38.7 Å². The summed E-state index contributed by atoms with van der Waals surface area (Å²) in [5, 5.41) is 37.4. The normalized spacial score (nSPS) is 15.4. The van der Waals surface area contributed by atoms with E-state index in [0.717, 1.165) is 48.8 Å². The van der Waals surface area contributed by atoms with E-state index in [-0.39, 0.29) is 63.8 Å². The standard InChI is InChI=1S/C29H24ClFN4O2.C25H21N5O2S.C20H21N5O3/c1-19-2-11-26-24(16-19)27(25(17-32)29(37)35(26)18-20-3-9-23(31)10-4-20)33-12-14-34(15-13-33)28(36)21-5-7-22(30)8-6-21;26-16-20-23(28-11-13-29(14-12-28)25(32)22-6-3-15-33-22)19-4-1-2-5-21(19)30(24(20)31)17-18-7-9-27-10-8-18;1-23-16-5-3-2-4-13(16)18(14(12-21)19(23)27)24-8-10-25(11-9-24)20(28)15-6-7-17(26)22-15/h2-11,16H,12-15,18H2,1H3;1-10,15H,11-14,17H2;2-5,15H,6-11H2,1H3,(H,22,26). The van der Waals surface area contributed by atoms with E-state index < -0.39 is 11.6 Å². The maximum atomic E-state index is 13.6. The highest BCUT2D eigenvalue weighted by atomic mass is 35.5. The lowest BCUT2D eigenvalue weighted by Crippen LogP contribution is -2.53. The minimum Gasteiger partial charge on any atom is -0.366 e. The number of carbonyl (C=O) groups is 4. The summed E-state index contributed by atoms with van der Waals surface area (Å²) in [6.07, 6.45) is 4.31. The molecule has 5 aromatic carbocycles. The molecule has 4 amide bonds. The molecule has 21 nitrogen and oxygen atoms in total. The quantitative estimate of drug-likeness (QED) is 0.135. The summed E-state index contributed by atoms with van der Waals surface area (Å²) in [4.78, 5) is 106. The van der Waals surface area contributed by atoms with Gasteiger partial charge in [-0.2, -0.15) is 15.8 Å². The number of amides is 4. The zero-order valence-corrected chi connectivity index (χ0v) is 55.3. The third-order valence-electron chi connectivity index (χ3n) is 18.3. The molecule has 4 aliphatic rings. The highest BCUT2D eigenvalue weighted by Crippen LogP contribution is 2.34. The van der Waals surface area contributed by atoms with Gasteiger partial charge >= 0.3 is 0 Å². The molecule has 0 saturated carbocycles. The molecule has 0 spiro atoms. The maximum absolute atomic E-state index is 13.6. The number of aryl methyl sites for hydroxylation is 2. The molecule has 0 aliphatic carbocycles. The third kappa shape index (κ3) is 13.7. The van der Waals surface area contributed by atoms with E-state index in [9.17, 15) is 53.7 Å². The average Bonchev–Trinajstić information content (AvgIpc) is 1.14. The SMILES string of the molecule is Cc1ccc2c(c1)c(N1CCN(C(=O)c3ccc(Cl)cc3)CC1)c(C#N)c(=O)n2Cc1ccc(F)cc1.Cn1c(=O)c(C#N)c(N2CCN(C(=O)C3CCC(=O)N3)CC2)c2ccccc21.N#Cc1c(N2CCN(C(=O)c3cccs3)CC2)c2ccccc2n(Cc2ccncc2)c1=O. The molecule has 0 radical (unpaired) electrons. The van der Waals surface area contributed by atoms with E-state index in [1.807, 2.05) is 118 Å². The Hall–Kier alpha value is -11.5. The van der Waals surface area contributed by atoms with Gasteiger partial charge in [0.2, 0.25) is 11.8 Å². The molecule has 1 unspecified atom stereocenters. The minimum atomic E-state index is -0.432. The molecule has 98 heavy (non-hydrogen) atoms. The van der Waals surface area contributed by atoms with Crippen LogP contribution in [0.2, 0.25) is 5.02 Å². The van der Waals surface area contributed by atoms with E-state index in [1.54, 1.807) is 74.8 Å². The van der Waals surface area contributed by atoms with E-state index in [0.29, 0.717) is 131 Å². The van der Waals surface area contributed by atoms with Crippen LogP contribution in [0.5, 0.6) is 0 Å². The van der Waals surface area contributed by atoms with Crippen molar-refractivity contribution in [2.75, 3.05) is 93.2 Å². The lowest BCUT2D eigenvalue weighted by Gasteiger charge is -2.37. The van der Waals surface area contributed by atoms with Crippen molar-refractivity contribution in [1.29, 1.82) is 15.8 Å². The first kappa shape index (κ1) is 66.6. The van der Waals surface area contributed by atoms with Crippen LogP contribution in [0.25, 0.3) is 32.7 Å². The third-order valence-corrected chi connectivity index (χ3v) is 19.4. The fraction of sp³-hybridized carbons (Fsp3) is 0.257. The van der Waals surface area contributed by atoms with Crippen molar-refractivity contribution in [2.24, 2.45) is 7.05 Å². The molecule has 24 heteroatoms. The average molecular weight is 1350 g/mol. The number of hydrogen-bond acceptors (Lipinski definition) is 15. The number of pyridine rings is 4. The number of para-hydroxylation sites is 2. The zero-order chi connectivity index (χ0) is 68.7. The van der Waals surface area contributed by atoms with Gasteiger partial charge in [0.05, 0.1) is 51.6 Å². The number of nitriles is 3. The van der Waals surface area contributed by atoms with Crippen molar-refractivity contribution in [3.8, 4) is 18.2 Å². The van der Waals surface area contributed by atoms with Crippen LogP contribution in [0.3, 0.4) is 0 Å². The van der Waals surface area contributed by atoms with Crippen LogP contribution in [0.4, 0.5) is 21.5 Å². The van der Waals surface area contributed by atoms with Crippen LogP contribution in [0, 0.1) is 46.7 Å². The van der Waals surface area contributed by atoms with Gasteiger partial charge in [0.25, 0.3) is 28.5 Å². The number of halogens is 2. The summed E-state index contributed by atoms with van der Waals surface area (Å²) in [6.45, 7) is 8.65. The molecule has 4 fully saturated rings. The van der Waals surface area contributed by atoms with Crippen LogP contribution in [0.15, 0.2) is 172 Å². The molecular formula is C74H66ClFN14O7S. The molecule has 10 aromatic rings. The number of anilines is 3. The number of nitrogens with one attached hydrogen (secondary N) is 1. The van der Waals surface area contributed by atoms with Crippen molar-refractivity contribution < 1.29 is 23.6 Å². The molecule has 9 heterocycles. The van der Waals surface area contributed by atoms with Gasteiger partial charge in [0.15, 0.2) is 0 Å². The first-order chi connectivity index (χ1) is 47.5. The van der Waals surface area contributed by atoms with Crippen molar-refractivity contribution in [3.05, 3.63) is 243 Å². The topological polar surface area (TPSA) is 250 Å². The first-order valence-corrected chi connectivity index (χ1v) is 33.3. The summed E-state index contributed by atoms with van der Waals surface area (Å²) >= 11 is 7.39. The minimum absolute atomic E-state index is 0.0304. The van der Waals surface area contributed by atoms with Gasteiger partial charge in [-0.15, -0.1) is 11.3 Å². The van der Waals surface area contributed by atoms with Gasteiger partial charge in [0, 0.05) is 131 Å². The molecule has 14 rings (SSSR count). The van der Waals surface area contributed by atoms with Crippen LogP contribution >= 0.6 is 22.9 Å². The smallest absolute Gasteiger partial charge is 0.271 e. The molecule has 494 valence electrons. The van der Waals surface area contributed by atoms with E-state index in [2.05, 4.69) is 33.4 Å². The Balaban J connectivity index is 0.000000141. The summed E-state index contributed by atoms with van der Waals surface area (Å²) in [5.41, 5.74) is 6.75. The fourth-order valence-electron chi connectivity index (χ4n) is 13.2. The largest absolute Gasteiger partial charge is 0.366 e. The molecule has 4 aliphatic heterocycles. The Morgan fingerprint density at radius 2 is 1.05 bits per heavy atom. The molecule has 5 aromatic heterocycles. The second kappa shape index (κ2) is 29.3. The Kier molecular flexibility index (Phi) is 19.9. The highest BCUT2D eigenvalue weighted by molar-refractivity contribution is 7.12. The van der Waals surface area contributed by atoms with Crippen LogP contribution in [-0.2, 0) is 29.7 Å². The Morgan fingerprint density at radius 1 is 0.561 bits per heavy atom. The second-order valence-electron chi connectivity index (χ2n) is 24.2. The molecule has 4 saturated heterocycles. The van der Waals surface area contributed by atoms with Crippen molar-refractivity contribution in [3.63, 3.8) is 0 Å². The number of piperazine rings is 3. The van der Waals surface area contributed by atoms with Gasteiger partial charge in [-0.25, -0.2) is 4.39 Å².